The first-order chi connectivity index (χ1) is 13.6. The van der Waals surface area contributed by atoms with E-state index in [0.717, 1.165) is 44.9 Å². The zero-order chi connectivity index (χ0) is 19.9. The van der Waals surface area contributed by atoms with Gasteiger partial charge in [0.05, 0.1) is 6.54 Å². The smallest absolute Gasteiger partial charge is 0.225 e. The maximum Gasteiger partial charge on any atom is 0.225 e. The third-order valence-electron chi connectivity index (χ3n) is 5.74. The molecule has 1 unspecified atom stereocenters. The fourth-order valence-electron chi connectivity index (χ4n) is 4.13. The van der Waals surface area contributed by atoms with Crippen molar-refractivity contribution in [1.82, 2.24) is 15.5 Å². The van der Waals surface area contributed by atoms with Crippen molar-refractivity contribution in [2.75, 3.05) is 38.6 Å². The minimum absolute atomic E-state index is 0.268. The molecule has 1 aromatic rings. The van der Waals surface area contributed by atoms with Crippen molar-refractivity contribution in [2.45, 2.75) is 51.6 Å². The van der Waals surface area contributed by atoms with E-state index < -0.39 is 0 Å². The van der Waals surface area contributed by atoms with Crippen LogP contribution in [-0.4, -0.2) is 56.5 Å². The number of rotatable bonds is 6. The molecular formula is C22H35N5O. The summed E-state index contributed by atoms with van der Waals surface area (Å²) in [6, 6.07) is 8.73. The number of nitrogens with zero attached hydrogens (tertiary/aromatic N) is 3. The highest BCUT2D eigenvalue weighted by molar-refractivity contribution is 5.81. The molecule has 1 saturated heterocycles. The van der Waals surface area contributed by atoms with Crippen LogP contribution in [0, 0.1) is 5.92 Å². The van der Waals surface area contributed by atoms with E-state index in [2.05, 4.69) is 51.6 Å². The van der Waals surface area contributed by atoms with E-state index in [9.17, 15) is 4.79 Å². The van der Waals surface area contributed by atoms with Crippen molar-refractivity contribution in [3.05, 3.63) is 29.8 Å². The molecule has 1 heterocycles. The average Bonchev–Trinajstić information content (AvgIpc) is 3.38. The van der Waals surface area contributed by atoms with E-state index in [1.165, 1.54) is 24.1 Å². The van der Waals surface area contributed by atoms with Crippen LogP contribution in [0.3, 0.4) is 0 Å². The van der Waals surface area contributed by atoms with Crippen LogP contribution in [-0.2, 0) is 11.3 Å². The van der Waals surface area contributed by atoms with Gasteiger partial charge in [0.2, 0.25) is 5.91 Å². The van der Waals surface area contributed by atoms with Gasteiger partial charge in [-0.05, 0) is 43.9 Å². The Balaban J connectivity index is 1.56. The van der Waals surface area contributed by atoms with Crippen LogP contribution >= 0.6 is 0 Å². The Kier molecular flexibility index (Phi) is 7.18. The minimum Gasteiger partial charge on any atom is -0.378 e. The lowest BCUT2D eigenvalue weighted by Gasteiger charge is -2.21. The summed E-state index contributed by atoms with van der Waals surface area (Å²) in [6.07, 6.45) is 5.54. The van der Waals surface area contributed by atoms with E-state index in [-0.39, 0.29) is 12.0 Å². The summed E-state index contributed by atoms with van der Waals surface area (Å²) < 4.78 is 0. The molecule has 6 nitrogen and oxygen atoms in total. The van der Waals surface area contributed by atoms with Crippen molar-refractivity contribution in [2.24, 2.45) is 10.9 Å². The molecule has 0 radical (unpaired) electrons. The third-order valence-corrected chi connectivity index (χ3v) is 5.74. The minimum atomic E-state index is 0.268. The zero-order valence-corrected chi connectivity index (χ0v) is 17.6. The van der Waals surface area contributed by atoms with Crippen LogP contribution in [0.4, 0.5) is 5.69 Å². The highest BCUT2D eigenvalue weighted by Gasteiger charge is 2.32. The summed E-state index contributed by atoms with van der Waals surface area (Å²) in [6.45, 7) is 5.18. The van der Waals surface area contributed by atoms with Gasteiger partial charge in [0.1, 0.15) is 0 Å². The first-order valence-electron chi connectivity index (χ1n) is 10.7. The van der Waals surface area contributed by atoms with Gasteiger partial charge in [0.25, 0.3) is 0 Å². The molecule has 2 fully saturated rings. The van der Waals surface area contributed by atoms with Gasteiger partial charge in [-0.25, -0.2) is 4.99 Å². The summed E-state index contributed by atoms with van der Waals surface area (Å²) in [5.41, 5.74) is 2.37. The summed E-state index contributed by atoms with van der Waals surface area (Å²) in [5.74, 6) is 1.46. The second-order valence-corrected chi connectivity index (χ2v) is 8.16. The van der Waals surface area contributed by atoms with Crippen LogP contribution in [0.1, 0.15) is 44.6 Å². The van der Waals surface area contributed by atoms with Crippen molar-refractivity contribution in [1.29, 1.82) is 0 Å². The Hall–Kier alpha value is -2.24. The molecule has 3 rings (SSSR count). The number of guanidine groups is 1. The summed E-state index contributed by atoms with van der Waals surface area (Å²) in [4.78, 5) is 21.6. The molecule has 154 valence electrons. The molecule has 1 amide bonds. The van der Waals surface area contributed by atoms with Gasteiger partial charge < -0.3 is 20.4 Å². The Morgan fingerprint density at radius 1 is 1.25 bits per heavy atom. The molecule has 0 spiro atoms. The van der Waals surface area contributed by atoms with E-state index >= 15 is 0 Å². The molecular weight excluding hydrogens is 350 g/mol. The van der Waals surface area contributed by atoms with Gasteiger partial charge in [-0.2, -0.15) is 0 Å². The van der Waals surface area contributed by atoms with Crippen LogP contribution in [0.15, 0.2) is 29.3 Å². The van der Waals surface area contributed by atoms with Gasteiger partial charge >= 0.3 is 0 Å². The van der Waals surface area contributed by atoms with Gasteiger partial charge in [0.15, 0.2) is 5.96 Å². The molecule has 1 aliphatic heterocycles. The molecule has 6 heteroatoms. The summed E-state index contributed by atoms with van der Waals surface area (Å²) in [5, 5.41) is 6.88. The second kappa shape index (κ2) is 9.80. The predicted octanol–water partition coefficient (Wildman–Crippen LogP) is 2.60. The number of hydrogen-bond donors (Lipinski definition) is 2. The Labute approximate surface area is 169 Å². The molecule has 0 bridgehead atoms. The third kappa shape index (κ3) is 5.40. The van der Waals surface area contributed by atoms with E-state index in [1.54, 1.807) is 0 Å². The van der Waals surface area contributed by atoms with E-state index in [0.29, 0.717) is 12.5 Å². The first kappa shape index (κ1) is 20.5. The fraction of sp³-hybridized carbons (Fsp3) is 0.636. The Morgan fingerprint density at radius 3 is 2.75 bits per heavy atom. The highest BCUT2D eigenvalue weighted by atomic mass is 16.2. The Bertz CT molecular complexity index is 681. The van der Waals surface area contributed by atoms with Crippen molar-refractivity contribution in [3.8, 4) is 0 Å². The number of nitrogens with one attached hydrogen (secondary N) is 2. The fourth-order valence-corrected chi connectivity index (χ4v) is 4.13. The largest absolute Gasteiger partial charge is 0.378 e. The van der Waals surface area contributed by atoms with E-state index in [4.69, 9.17) is 4.99 Å². The highest BCUT2D eigenvalue weighted by Crippen LogP contribution is 2.27. The monoisotopic (exact) mass is 385 g/mol. The predicted molar refractivity (Wildman–Crippen MR) is 116 cm³/mol. The van der Waals surface area contributed by atoms with Gasteiger partial charge in [-0.15, -0.1) is 0 Å². The first-order valence-corrected chi connectivity index (χ1v) is 10.7. The SMILES string of the molecule is CCNC(=NCc1cccc(N(C)C)c1)NC1CCN(C(=O)C2CCCC2)C1. The van der Waals surface area contributed by atoms with Crippen molar-refractivity contribution >= 4 is 17.6 Å². The number of carbonyl (C=O) groups excluding carboxylic acids is 1. The number of benzene rings is 1. The normalized spacial score (nSPS) is 20.5. The molecule has 2 N–H and O–H groups in total. The molecule has 2 aliphatic rings. The zero-order valence-electron chi connectivity index (χ0n) is 17.6. The molecule has 1 aromatic carbocycles. The molecule has 0 aromatic heterocycles. The number of carbonyl (C=O) groups is 1. The van der Waals surface area contributed by atoms with Crippen LogP contribution in [0.5, 0.6) is 0 Å². The van der Waals surface area contributed by atoms with Crippen molar-refractivity contribution in [3.63, 3.8) is 0 Å². The van der Waals surface area contributed by atoms with Crippen molar-refractivity contribution < 1.29 is 4.79 Å². The summed E-state index contributed by atoms with van der Waals surface area (Å²) >= 11 is 0. The number of anilines is 1. The maximum absolute atomic E-state index is 12.7. The lowest BCUT2D eigenvalue weighted by molar-refractivity contribution is -0.134. The lowest BCUT2D eigenvalue weighted by atomic mass is 10.1. The quantitative estimate of drug-likeness (QED) is 0.584. The van der Waals surface area contributed by atoms with E-state index in [1.807, 2.05) is 14.1 Å². The van der Waals surface area contributed by atoms with Gasteiger partial charge in [-0.3, -0.25) is 4.79 Å². The van der Waals surface area contributed by atoms with Crippen LogP contribution in [0.25, 0.3) is 0 Å². The molecule has 1 atom stereocenters. The maximum atomic E-state index is 12.7. The second-order valence-electron chi connectivity index (χ2n) is 8.16. The average molecular weight is 386 g/mol. The van der Waals surface area contributed by atoms with Crippen LogP contribution < -0.4 is 15.5 Å². The molecule has 28 heavy (non-hydrogen) atoms. The van der Waals surface area contributed by atoms with Gasteiger partial charge in [0, 0.05) is 51.4 Å². The number of likely N-dealkylation sites (tertiary alicyclic amines) is 1. The Morgan fingerprint density at radius 2 is 2.04 bits per heavy atom. The molecule has 1 saturated carbocycles. The number of hydrogen-bond acceptors (Lipinski definition) is 3. The van der Waals surface area contributed by atoms with Gasteiger partial charge in [-0.1, -0.05) is 25.0 Å². The lowest BCUT2D eigenvalue weighted by Crippen LogP contribution is -2.45. The topological polar surface area (TPSA) is 60.0 Å². The standard InChI is InChI=1S/C22H35N5O/c1-4-23-22(24-15-17-8-7-11-20(14-17)26(2)3)25-19-12-13-27(16-19)21(28)18-9-5-6-10-18/h7-8,11,14,18-19H,4-6,9-10,12-13,15-16H2,1-3H3,(H2,23,24,25). The molecule has 1 aliphatic carbocycles. The van der Waals surface area contributed by atoms with Crippen LogP contribution in [0.2, 0.25) is 0 Å². The number of aliphatic imine (C=N–C) groups is 1. The number of amides is 1. The summed E-state index contributed by atoms with van der Waals surface area (Å²) in [7, 11) is 4.10.